The van der Waals surface area contributed by atoms with Crippen molar-refractivity contribution in [3.63, 3.8) is 0 Å². The Labute approximate surface area is 202 Å². The molecule has 33 heavy (non-hydrogen) atoms. The highest BCUT2D eigenvalue weighted by molar-refractivity contribution is 8.01. The monoisotopic (exact) mass is 481 g/mol. The summed E-state index contributed by atoms with van der Waals surface area (Å²) in [7, 11) is 0. The van der Waals surface area contributed by atoms with E-state index < -0.39 is 0 Å². The minimum absolute atomic E-state index is 0.0281. The Hall–Kier alpha value is -2.91. The van der Waals surface area contributed by atoms with Gasteiger partial charge < -0.3 is 15.5 Å². The number of amides is 2. The minimum atomic E-state index is -0.0656. The van der Waals surface area contributed by atoms with Crippen molar-refractivity contribution in [3.8, 4) is 0 Å². The number of benzene rings is 2. The molecule has 2 amide bonds. The number of anilines is 3. The lowest BCUT2D eigenvalue weighted by Crippen LogP contribution is -2.42. The highest BCUT2D eigenvalue weighted by Gasteiger charge is 2.27. The van der Waals surface area contributed by atoms with E-state index in [0.717, 1.165) is 15.7 Å². The normalized spacial score (nSPS) is 14.2. The number of hydrogen-bond donors (Lipinski definition) is 2. The van der Waals surface area contributed by atoms with Crippen molar-refractivity contribution in [2.75, 3.05) is 29.5 Å². The van der Waals surface area contributed by atoms with Crippen LogP contribution in [0, 0.1) is 19.8 Å². The van der Waals surface area contributed by atoms with E-state index in [0.29, 0.717) is 36.8 Å². The fourth-order valence-electron chi connectivity index (χ4n) is 3.63. The summed E-state index contributed by atoms with van der Waals surface area (Å²) in [5.74, 6) is 0.351. The van der Waals surface area contributed by atoms with E-state index in [1.54, 1.807) is 0 Å². The number of para-hydroxylation sites is 1. The maximum absolute atomic E-state index is 12.7. The molecule has 7 nitrogen and oxygen atoms in total. The van der Waals surface area contributed by atoms with Crippen molar-refractivity contribution in [1.82, 2.24) is 15.1 Å². The number of carbonyl (C=O) groups is 2. The molecular formula is C24H27N5O2S2. The quantitative estimate of drug-likeness (QED) is 0.468. The third kappa shape index (κ3) is 6.33. The summed E-state index contributed by atoms with van der Waals surface area (Å²) in [4.78, 5) is 27.0. The predicted octanol–water partition coefficient (Wildman–Crippen LogP) is 4.87. The van der Waals surface area contributed by atoms with E-state index in [-0.39, 0.29) is 17.7 Å². The Balaban J connectivity index is 1.21. The molecule has 0 radical (unpaired) electrons. The van der Waals surface area contributed by atoms with Gasteiger partial charge in [-0.05, 0) is 62.1 Å². The highest BCUT2D eigenvalue weighted by atomic mass is 32.2. The van der Waals surface area contributed by atoms with E-state index in [4.69, 9.17) is 0 Å². The molecule has 172 valence electrons. The Kier molecular flexibility index (Phi) is 7.61. The summed E-state index contributed by atoms with van der Waals surface area (Å²) >= 11 is 2.84. The number of carbonyl (C=O) groups excluding carboxylic acids is 2. The Morgan fingerprint density at radius 1 is 1.03 bits per heavy atom. The Bertz CT molecular complexity index is 1110. The first kappa shape index (κ1) is 23.3. The van der Waals surface area contributed by atoms with Gasteiger partial charge in [0, 0.05) is 30.4 Å². The van der Waals surface area contributed by atoms with E-state index in [9.17, 15) is 9.59 Å². The average molecular weight is 482 g/mol. The average Bonchev–Trinajstić information content (AvgIpc) is 3.28. The number of rotatable bonds is 7. The van der Waals surface area contributed by atoms with Crippen LogP contribution in [0.2, 0.25) is 0 Å². The molecule has 9 heteroatoms. The number of hydrogen-bond acceptors (Lipinski definition) is 7. The number of aromatic nitrogens is 2. The van der Waals surface area contributed by atoms with Gasteiger partial charge in [0.15, 0.2) is 4.34 Å². The van der Waals surface area contributed by atoms with Gasteiger partial charge in [-0.3, -0.25) is 9.59 Å². The standard InChI is InChI=1S/C24H27N5O2S2/c1-16-8-9-20(14-17(16)2)26-23-27-28-24(33-23)32-15-21(30)29-12-10-18(11-13-29)22(31)25-19-6-4-3-5-7-19/h3-9,14,18H,10-13,15H2,1-2H3,(H,25,31)(H,26,27). The van der Waals surface area contributed by atoms with E-state index >= 15 is 0 Å². The van der Waals surface area contributed by atoms with Crippen LogP contribution in [0.15, 0.2) is 52.9 Å². The fourth-order valence-corrected chi connectivity index (χ4v) is 5.31. The molecule has 2 aromatic carbocycles. The zero-order valence-corrected chi connectivity index (χ0v) is 20.3. The molecule has 2 heterocycles. The molecule has 1 aromatic heterocycles. The molecule has 0 unspecified atom stereocenters. The molecule has 0 atom stereocenters. The van der Waals surface area contributed by atoms with Crippen LogP contribution in [-0.2, 0) is 9.59 Å². The summed E-state index contributed by atoms with van der Waals surface area (Å²) in [6.45, 7) is 5.35. The van der Waals surface area contributed by atoms with Crippen molar-refractivity contribution in [2.24, 2.45) is 5.92 Å². The number of nitrogens with one attached hydrogen (secondary N) is 2. The molecule has 3 aromatic rings. The summed E-state index contributed by atoms with van der Waals surface area (Å²) in [6.07, 6.45) is 1.36. The van der Waals surface area contributed by atoms with Crippen molar-refractivity contribution in [3.05, 3.63) is 59.7 Å². The third-order valence-corrected chi connectivity index (χ3v) is 7.70. The van der Waals surface area contributed by atoms with Crippen molar-refractivity contribution in [1.29, 1.82) is 0 Å². The van der Waals surface area contributed by atoms with Crippen LogP contribution in [0.1, 0.15) is 24.0 Å². The van der Waals surface area contributed by atoms with Gasteiger partial charge in [0.1, 0.15) is 0 Å². The summed E-state index contributed by atoms with van der Waals surface area (Å²) in [5, 5.41) is 15.3. The number of piperidine rings is 1. The molecule has 0 bridgehead atoms. The maximum Gasteiger partial charge on any atom is 0.233 e. The minimum Gasteiger partial charge on any atom is -0.342 e. The van der Waals surface area contributed by atoms with Gasteiger partial charge in [0.05, 0.1) is 5.75 Å². The molecule has 4 rings (SSSR count). The molecule has 0 spiro atoms. The number of nitrogens with zero attached hydrogens (tertiary/aromatic N) is 3. The first-order valence-corrected chi connectivity index (χ1v) is 12.7. The molecule has 1 aliphatic heterocycles. The van der Waals surface area contributed by atoms with Gasteiger partial charge in [0.25, 0.3) is 0 Å². The zero-order chi connectivity index (χ0) is 23.2. The van der Waals surface area contributed by atoms with E-state index in [2.05, 4.69) is 46.8 Å². The SMILES string of the molecule is Cc1ccc(Nc2nnc(SCC(=O)N3CCC(C(=O)Nc4ccccc4)CC3)s2)cc1C. The second kappa shape index (κ2) is 10.8. The molecule has 1 fully saturated rings. The van der Waals surface area contributed by atoms with Crippen LogP contribution in [-0.4, -0.2) is 45.8 Å². The van der Waals surface area contributed by atoms with Gasteiger partial charge in [0.2, 0.25) is 16.9 Å². The third-order valence-electron chi connectivity index (χ3n) is 5.74. The Morgan fingerprint density at radius 2 is 1.79 bits per heavy atom. The first-order valence-electron chi connectivity index (χ1n) is 10.9. The van der Waals surface area contributed by atoms with Gasteiger partial charge in [-0.15, -0.1) is 10.2 Å². The summed E-state index contributed by atoms with van der Waals surface area (Å²) in [6, 6.07) is 15.6. The van der Waals surface area contributed by atoms with E-state index in [1.807, 2.05) is 41.3 Å². The molecule has 0 aliphatic carbocycles. The molecule has 0 saturated carbocycles. The highest BCUT2D eigenvalue weighted by Crippen LogP contribution is 2.29. The summed E-state index contributed by atoms with van der Waals surface area (Å²) in [5.41, 5.74) is 4.24. The molecule has 1 aliphatic rings. The van der Waals surface area contributed by atoms with Gasteiger partial charge >= 0.3 is 0 Å². The largest absolute Gasteiger partial charge is 0.342 e. The molecule has 2 N–H and O–H groups in total. The van der Waals surface area contributed by atoms with Gasteiger partial charge in [-0.1, -0.05) is 47.4 Å². The van der Waals surface area contributed by atoms with Crippen LogP contribution in [0.25, 0.3) is 0 Å². The molecule has 1 saturated heterocycles. The van der Waals surface area contributed by atoms with Gasteiger partial charge in [-0.2, -0.15) is 0 Å². The van der Waals surface area contributed by atoms with Gasteiger partial charge in [-0.25, -0.2) is 0 Å². The predicted molar refractivity (Wildman–Crippen MR) is 134 cm³/mol. The first-order chi connectivity index (χ1) is 16.0. The number of aryl methyl sites for hydroxylation is 2. The lowest BCUT2D eigenvalue weighted by molar-refractivity contribution is -0.132. The second-order valence-corrected chi connectivity index (χ2v) is 10.3. The van der Waals surface area contributed by atoms with Crippen molar-refractivity contribution in [2.45, 2.75) is 31.0 Å². The van der Waals surface area contributed by atoms with Crippen LogP contribution in [0.4, 0.5) is 16.5 Å². The number of thioether (sulfide) groups is 1. The lowest BCUT2D eigenvalue weighted by atomic mass is 9.96. The van der Waals surface area contributed by atoms with Crippen molar-refractivity contribution >= 4 is 51.4 Å². The van der Waals surface area contributed by atoms with Crippen LogP contribution >= 0.6 is 23.1 Å². The molecular weight excluding hydrogens is 454 g/mol. The smallest absolute Gasteiger partial charge is 0.233 e. The Morgan fingerprint density at radius 3 is 2.52 bits per heavy atom. The lowest BCUT2D eigenvalue weighted by Gasteiger charge is -2.31. The topological polar surface area (TPSA) is 87.2 Å². The van der Waals surface area contributed by atoms with E-state index in [1.165, 1.54) is 34.2 Å². The maximum atomic E-state index is 12.7. The summed E-state index contributed by atoms with van der Waals surface area (Å²) < 4.78 is 0.756. The second-order valence-electron chi connectivity index (χ2n) is 8.10. The zero-order valence-electron chi connectivity index (χ0n) is 18.7. The van der Waals surface area contributed by atoms with Crippen LogP contribution in [0.5, 0.6) is 0 Å². The van der Waals surface area contributed by atoms with Crippen LogP contribution in [0.3, 0.4) is 0 Å². The fraction of sp³-hybridized carbons (Fsp3) is 0.333. The van der Waals surface area contributed by atoms with Crippen LogP contribution < -0.4 is 10.6 Å². The number of likely N-dealkylation sites (tertiary alicyclic amines) is 1. The van der Waals surface area contributed by atoms with Crippen molar-refractivity contribution < 1.29 is 9.59 Å².